The third-order valence-corrected chi connectivity index (χ3v) is 13.0. The Bertz CT molecular complexity index is 2090. The van der Waals surface area contributed by atoms with Crippen LogP contribution < -0.4 is 28.4 Å². The Balaban J connectivity index is 1.57. The summed E-state index contributed by atoms with van der Waals surface area (Å²) >= 11 is 0. The monoisotopic (exact) mass is 937 g/mol. The van der Waals surface area contributed by atoms with Crippen molar-refractivity contribution < 1.29 is 38.0 Å². The summed E-state index contributed by atoms with van der Waals surface area (Å²) in [5, 5.41) is 6.48. The van der Waals surface area contributed by atoms with E-state index >= 15 is 0 Å². The Hall–Kier alpha value is -4.59. The molecule has 1 aliphatic carbocycles. The zero-order valence-corrected chi connectivity index (χ0v) is 43.1. The molecule has 0 saturated heterocycles. The molecule has 0 atom stereocenters. The number of hydrogen-bond donors (Lipinski definition) is 0. The molecular formula is C60H88O8. The van der Waals surface area contributed by atoms with Gasteiger partial charge in [-0.2, -0.15) is 0 Å². The second-order valence-corrected chi connectivity index (χ2v) is 18.8. The highest BCUT2D eigenvalue weighted by atomic mass is 16.5. The maximum absolute atomic E-state index is 12.3. The molecule has 68 heavy (non-hydrogen) atoms. The first-order valence-corrected chi connectivity index (χ1v) is 27.4. The summed E-state index contributed by atoms with van der Waals surface area (Å²) in [5.41, 5.74) is 0.731. The maximum Gasteiger partial charge on any atom is 0.334 e. The van der Waals surface area contributed by atoms with E-state index in [0.717, 1.165) is 162 Å². The van der Waals surface area contributed by atoms with E-state index in [1.54, 1.807) is 0 Å². The van der Waals surface area contributed by atoms with Crippen LogP contribution in [0.2, 0.25) is 0 Å². The third-order valence-electron chi connectivity index (χ3n) is 13.0. The first-order chi connectivity index (χ1) is 33.5. The Kier molecular flexibility index (Phi) is 25.8. The van der Waals surface area contributed by atoms with Crippen molar-refractivity contribution in [3.05, 3.63) is 60.2 Å². The molecule has 0 saturated carbocycles. The van der Waals surface area contributed by atoms with Crippen molar-refractivity contribution in [2.24, 2.45) is 0 Å². The standard InChI is InChI=1S/C60H88O8/c1-6-11-16-25-34-62-54-41-48-49-42-55(63-35-26-17-12-7-2)57(65-37-28-19-14-9-4)44-51(49)53-46-59(67-39-30-21-22-31-40-68-60(61)47-32-23-24-33-47)58(66-38-29-20-15-10-5)45-52(53)50(48)43-56(54)64-36-27-18-13-8-3/h23-24,32,41-46H,6-22,25-31,33-40H2,1-5H3. The van der Waals surface area contributed by atoms with Crippen molar-refractivity contribution in [2.45, 2.75) is 195 Å². The smallest absolute Gasteiger partial charge is 0.334 e. The first kappa shape index (κ1) is 54.4. The Morgan fingerprint density at radius 3 is 0.838 bits per heavy atom. The van der Waals surface area contributed by atoms with Gasteiger partial charge in [-0.15, -0.1) is 0 Å². The Morgan fingerprint density at radius 2 is 0.603 bits per heavy atom. The van der Waals surface area contributed by atoms with Gasteiger partial charge in [-0.3, -0.25) is 0 Å². The summed E-state index contributed by atoms with van der Waals surface area (Å²) in [5.74, 6) is 4.45. The summed E-state index contributed by atoms with van der Waals surface area (Å²) in [7, 11) is 0. The Morgan fingerprint density at radius 1 is 0.353 bits per heavy atom. The van der Waals surface area contributed by atoms with Crippen molar-refractivity contribution >= 4 is 38.3 Å². The molecule has 0 spiro atoms. The molecule has 0 aliphatic heterocycles. The topological polar surface area (TPSA) is 81.7 Å². The molecule has 0 aromatic heterocycles. The molecule has 5 rings (SSSR count). The highest BCUT2D eigenvalue weighted by Crippen LogP contribution is 2.47. The minimum Gasteiger partial charge on any atom is -0.490 e. The fraction of sp³-hybridized carbons (Fsp3) is 0.617. The summed E-state index contributed by atoms with van der Waals surface area (Å²) in [6, 6.07) is 13.3. The summed E-state index contributed by atoms with van der Waals surface area (Å²) < 4.78 is 45.6. The lowest BCUT2D eigenvalue weighted by atomic mass is 9.93. The molecule has 0 bridgehead atoms. The van der Waals surface area contributed by atoms with Crippen molar-refractivity contribution in [3.63, 3.8) is 0 Å². The highest BCUT2D eigenvalue weighted by Gasteiger charge is 2.21. The van der Waals surface area contributed by atoms with Crippen molar-refractivity contribution in [2.75, 3.05) is 46.2 Å². The Labute approximate surface area is 410 Å². The normalized spacial score (nSPS) is 12.3. The van der Waals surface area contributed by atoms with Gasteiger partial charge in [0.25, 0.3) is 0 Å². The van der Waals surface area contributed by atoms with Gasteiger partial charge in [0, 0.05) is 5.57 Å². The van der Waals surface area contributed by atoms with Gasteiger partial charge in [0.1, 0.15) is 0 Å². The number of esters is 1. The molecule has 0 N–H and O–H groups in total. The van der Waals surface area contributed by atoms with Crippen LogP contribution >= 0.6 is 0 Å². The van der Waals surface area contributed by atoms with Crippen LogP contribution in [0.4, 0.5) is 0 Å². The highest BCUT2D eigenvalue weighted by molar-refractivity contribution is 6.26. The van der Waals surface area contributed by atoms with E-state index in [4.69, 9.17) is 33.2 Å². The van der Waals surface area contributed by atoms with Gasteiger partial charge >= 0.3 is 5.97 Å². The summed E-state index contributed by atoms with van der Waals surface area (Å²) in [4.78, 5) is 12.3. The summed E-state index contributed by atoms with van der Waals surface area (Å²) in [6.45, 7) is 15.4. The fourth-order valence-corrected chi connectivity index (χ4v) is 8.84. The SMILES string of the molecule is CCCCCCOc1cc2c3cc(OCCCCCC)c(OCCCCCC)cc3c3cc(OCCCCCCOC(=O)C4=CC=CC4)c(OCCCCCC)cc3c2cc1OCCCCCC. The molecule has 4 aromatic carbocycles. The lowest BCUT2D eigenvalue weighted by Crippen LogP contribution is -2.08. The average Bonchev–Trinajstić information content (AvgIpc) is 3.90. The zero-order chi connectivity index (χ0) is 48.0. The van der Waals surface area contributed by atoms with Gasteiger partial charge in [0.15, 0.2) is 34.5 Å². The van der Waals surface area contributed by atoms with Crippen LogP contribution in [0.1, 0.15) is 195 Å². The first-order valence-electron chi connectivity index (χ1n) is 27.4. The molecule has 8 nitrogen and oxygen atoms in total. The lowest BCUT2D eigenvalue weighted by molar-refractivity contribution is -0.139. The quantitative estimate of drug-likeness (QED) is 0.0249. The van der Waals surface area contributed by atoms with E-state index in [9.17, 15) is 4.79 Å². The largest absolute Gasteiger partial charge is 0.490 e. The fourth-order valence-electron chi connectivity index (χ4n) is 8.84. The van der Waals surface area contributed by atoms with Gasteiger partial charge in [0.05, 0.1) is 46.2 Å². The molecule has 0 amide bonds. The second kappa shape index (κ2) is 32.3. The number of fused-ring (bicyclic) bond motifs is 6. The number of carbonyl (C=O) groups excluding carboxylic acids is 1. The molecule has 0 heterocycles. The number of ether oxygens (including phenoxy) is 7. The molecule has 0 unspecified atom stereocenters. The van der Waals surface area contributed by atoms with Gasteiger partial charge in [-0.05, 0) is 133 Å². The van der Waals surface area contributed by atoms with Crippen LogP contribution in [-0.4, -0.2) is 52.2 Å². The minimum atomic E-state index is -0.202. The zero-order valence-electron chi connectivity index (χ0n) is 43.1. The van der Waals surface area contributed by atoms with Crippen LogP contribution in [0.3, 0.4) is 0 Å². The van der Waals surface area contributed by atoms with Crippen molar-refractivity contribution in [1.82, 2.24) is 0 Å². The number of allylic oxidation sites excluding steroid dienone is 3. The van der Waals surface area contributed by atoms with Gasteiger partial charge in [-0.25, -0.2) is 4.79 Å². The second-order valence-electron chi connectivity index (χ2n) is 18.8. The molecule has 1 aliphatic rings. The predicted octanol–water partition coefficient (Wildman–Crippen LogP) is 17.3. The molecule has 0 radical (unpaired) electrons. The van der Waals surface area contributed by atoms with E-state index in [2.05, 4.69) is 71.0 Å². The van der Waals surface area contributed by atoms with E-state index in [1.165, 1.54) is 64.2 Å². The predicted molar refractivity (Wildman–Crippen MR) is 284 cm³/mol. The van der Waals surface area contributed by atoms with Crippen LogP contribution in [-0.2, 0) is 9.53 Å². The van der Waals surface area contributed by atoms with Crippen LogP contribution in [0.5, 0.6) is 34.5 Å². The van der Waals surface area contributed by atoms with Gasteiger partial charge in [-0.1, -0.05) is 149 Å². The number of hydrogen-bond acceptors (Lipinski definition) is 8. The number of benzene rings is 4. The number of unbranched alkanes of at least 4 members (excludes halogenated alkanes) is 18. The van der Waals surface area contributed by atoms with Crippen molar-refractivity contribution in [1.29, 1.82) is 0 Å². The van der Waals surface area contributed by atoms with E-state index in [1.807, 2.05) is 18.2 Å². The number of rotatable bonds is 39. The molecule has 8 heteroatoms. The van der Waals surface area contributed by atoms with E-state index < -0.39 is 0 Å². The summed E-state index contributed by atoms with van der Waals surface area (Å²) in [6.07, 6.45) is 32.6. The average molecular weight is 937 g/mol. The van der Waals surface area contributed by atoms with Crippen LogP contribution in [0.25, 0.3) is 32.3 Å². The van der Waals surface area contributed by atoms with E-state index in [0.29, 0.717) is 52.7 Å². The van der Waals surface area contributed by atoms with Gasteiger partial charge < -0.3 is 33.2 Å². The van der Waals surface area contributed by atoms with Gasteiger partial charge in [0.2, 0.25) is 0 Å². The molecule has 0 fully saturated rings. The minimum absolute atomic E-state index is 0.202. The molecule has 376 valence electrons. The van der Waals surface area contributed by atoms with Crippen LogP contribution in [0, 0.1) is 0 Å². The molecule has 4 aromatic rings. The lowest BCUT2D eigenvalue weighted by Gasteiger charge is -2.21. The third kappa shape index (κ3) is 17.7. The van der Waals surface area contributed by atoms with E-state index in [-0.39, 0.29) is 5.97 Å². The number of carbonyl (C=O) groups is 1. The molecular weight excluding hydrogens is 849 g/mol. The van der Waals surface area contributed by atoms with Crippen LogP contribution in [0.15, 0.2) is 60.2 Å². The maximum atomic E-state index is 12.3. The van der Waals surface area contributed by atoms with Crippen molar-refractivity contribution in [3.8, 4) is 34.5 Å².